The van der Waals surface area contributed by atoms with Crippen molar-refractivity contribution in [2.45, 2.75) is 6.54 Å². The quantitative estimate of drug-likeness (QED) is 0.849. The Morgan fingerprint density at radius 3 is 2.62 bits per heavy atom. The molecule has 0 aliphatic carbocycles. The van der Waals surface area contributed by atoms with Gasteiger partial charge in [0.1, 0.15) is 0 Å². The molecule has 0 fully saturated rings. The first-order valence-corrected chi connectivity index (χ1v) is 5.18. The molecule has 0 saturated carbocycles. The maximum absolute atomic E-state index is 10.9. The minimum atomic E-state index is -1.08. The monoisotopic (exact) mass is 263 g/mol. The number of carboxylic acid groups (broad SMARTS) is 1. The fourth-order valence-corrected chi connectivity index (χ4v) is 1.77. The molecule has 1 aromatic rings. The van der Waals surface area contributed by atoms with Crippen LogP contribution in [0.2, 0.25) is 10.0 Å². The lowest BCUT2D eigenvalue weighted by Crippen LogP contribution is -2.17. The minimum absolute atomic E-state index is 0.0329. The molecule has 16 heavy (non-hydrogen) atoms. The van der Waals surface area contributed by atoms with Gasteiger partial charge in [0.15, 0.2) is 0 Å². The number of carboxylic acids is 1. The van der Waals surface area contributed by atoms with Crippen molar-refractivity contribution in [3.8, 4) is 0 Å². The third-order valence-electron chi connectivity index (χ3n) is 2.11. The number of benzene rings is 1. The van der Waals surface area contributed by atoms with Crippen LogP contribution in [0.5, 0.6) is 0 Å². The first-order chi connectivity index (χ1) is 7.47. The normalized spacial score (nSPS) is 10.8. The molecule has 0 heterocycles. The van der Waals surface area contributed by atoms with Crippen molar-refractivity contribution >= 4 is 29.2 Å². The molecule has 0 bridgehead atoms. The maximum atomic E-state index is 10.9. The summed E-state index contributed by atoms with van der Waals surface area (Å²) in [5.74, 6) is -1.08. The number of halogens is 2. The van der Waals surface area contributed by atoms with E-state index in [9.17, 15) is 4.79 Å². The highest BCUT2D eigenvalue weighted by Gasteiger charge is 2.16. The lowest BCUT2D eigenvalue weighted by atomic mass is 10.1. The molecular formula is C10H11Cl2NO3. The number of hydroxylamine groups is 2. The third-order valence-corrected chi connectivity index (χ3v) is 2.89. The summed E-state index contributed by atoms with van der Waals surface area (Å²) in [4.78, 5) is 15.8. The SMILES string of the molecule is CON(C)Cc1c(Cl)ccc(C(=O)O)c1Cl. The van der Waals surface area contributed by atoms with Crippen molar-refractivity contribution < 1.29 is 14.7 Å². The third kappa shape index (κ3) is 2.86. The summed E-state index contributed by atoms with van der Waals surface area (Å²) in [6.07, 6.45) is 0. The van der Waals surface area contributed by atoms with Crippen LogP contribution in [0.4, 0.5) is 0 Å². The van der Waals surface area contributed by atoms with E-state index in [0.717, 1.165) is 0 Å². The number of aromatic carboxylic acids is 1. The van der Waals surface area contributed by atoms with Crippen LogP contribution in [0.3, 0.4) is 0 Å². The van der Waals surface area contributed by atoms with E-state index >= 15 is 0 Å². The summed E-state index contributed by atoms with van der Waals surface area (Å²) in [5.41, 5.74) is 0.568. The highest BCUT2D eigenvalue weighted by atomic mass is 35.5. The molecule has 0 aliphatic heterocycles. The summed E-state index contributed by atoms with van der Waals surface area (Å²) in [5, 5.41) is 11.0. The summed E-state index contributed by atoms with van der Waals surface area (Å²) >= 11 is 11.9. The van der Waals surface area contributed by atoms with Gasteiger partial charge in [-0.25, -0.2) is 4.79 Å². The lowest BCUT2D eigenvalue weighted by molar-refractivity contribution is -0.116. The Kier molecular flexibility index (Phi) is 4.56. The van der Waals surface area contributed by atoms with Gasteiger partial charge < -0.3 is 9.94 Å². The smallest absolute Gasteiger partial charge is 0.337 e. The maximum Gasteiger partial charge on any atom is 0.337 e. The molecule has 0 radical (unpaired) electrons. The second-order valence-corrected chi connectivity index (χ2v) is 3.95. The fraction of sp³-hybridized carbons (Fsp3) is 0.300. The zero-order chi connectivity index (χ0) is 12.3. The first kappa shape index (κ1) is 13.3. The molecule has 88 valence electrons. The first-order valence-electron chi connectivity index (χ1n) is 4.42. The topological polar surface area (TPSA) is 49.8 Å². The second kappa shape index (κ2) is 5.50. The van der Waals surface area contributed by atoms with E-state index in [4.69, 9.17) is 33.1 Å². The van der Waals surface area contributed by atoms with E-state index in [0.29, 0.717) is 17.1 Å². The summed E-state index contributed by atoms with van der Waals surface area (Å²) in [6.45, 7) is 0.315. The summed E-state index contributed by atoms with van der Waals surface area (Å²) < 4.78 is 0. The minimum Gasteiger partial charge on any atom is -0.478 e. The Labute approximate surface area is 103 Å². The largest absolute Gasteiger partial charge is 0.478 e. The summed E-state index contributed by atoms with van der Waals surface area (Å²) in [6, 6.07) is 2.89. The average molecular weight is 264 g/mol. The molecule has 0 aliphatic rings. The van der Waals surface area contributed by atoms with E-state index in [1.54, 1.807) is 7.05 Å². The Balaban J connectivity index is 3.16. The molecule has 0 amide bonds. The van der Waals surface area contributed by atoms with Gasteiger partial charge in [-0.3, -0.25) is 0 Å². The molecule has 1 N–H and O–H groups in total. The van der Waals surface area contributed by atoms with E-state index < -0.39 is 5.97 Å². The van der Waals surface area contributed by atoms with Gasteiger partial charge in [0, 0.05) is 17.6 Å². The van der Waals surface area contributed by atoms with E-state index in [2.05, 4.69) is 0 Å². The number of hydrogen-bond donors (Lipinski definition) is 1. The number of carbonyl (C=O) groups is 1. The van der Waals surface area contributed by atoms with Crippen LogP contribution in [0.1, 0.15) is 15.9 Å². The molecule has 1 rings (SSSR count). The molecule has 0 unspecified atom stereocenters. The Hall–Kier alpha value is -0.810. The van der Waals surface area contributed by atoms with Gasteiger partial charge in [0.05, 0.1) is 24.2 Å². The Morgan fingerprint density at radius 2 is 2.12 bits per heavy atom. The molecule has 0 spiro atoms. The zero-order valence-electron chi connectivity index (χ0n) is 8.83. The highest BCUT2D eigenvalue weighted by molar-refractivity contribution is 6.37. The number of hydrogen-bond acceptors (Lipinski definition) is 3. The van der Waals surface area contributed by atoms with Gasteiger partial charge in [-0.2, -0.15) is 5.06 Å². The van der Waals surface area contributed by atoms with Gasteiger partial charge in [-0.15, -0.1) is 0 Å². The van der Waals surface area contributed by atoms with Crippen LogP contribution in [0.25, 0.3) is 0 Å². The second-order valence-electron chi connectivity index (χ2n) is 3.16. The standard InChI is InChI=1S/C10H11Cl2NO3/c1-13(16-2)5-7-8(11)4-3-6(9(7)12)10(14)15/h3-4H,5H2,1-2H3,(H,14,15). The average Bonchev–Trinajstić information content (AvgIpc) is 2.23. The van der Waals surface area contributed by atoms with Crippen LogP contribution < -0.4 is 0 Å². The van der Waals surface area contributed by atoms with Crippen molar-refractivity contribution in [3.05, 3.63) is 33.3 Å². The highest BCUT2D eigenvalue weighted by Crippen LogP contribution is 2.29. The predicted octanol–water partition coefficient (Wildman–Crippen LogP) is 2.68. The summed E-state index contributed by atoms with van der Waals surface area (Å²) in [7, 11) is 3.20. The van der Waals surface area contributed by atoms with E-state index in [1.165, 1.54) is 24.3 Å². The molecule has 1 aromatic carbocycles. The van der Waals surface area contributed by atoms with Crippen molar-refractivity contribution in [2.24, 2.45) is 0 Å². The van der Waals surface area contributed by atoms with Crippen LogP contribution in [0, 0.1) is 0 Å². The predicted molar refractivity (Wildman–Crippen MR) is 61.9 cm³/mol. The van der Waals surface area contributed by atoms with Gasteiger partial charge in [-0.05, 0) is 12.1 Å². The molecule has 6 heteroatoms. The molecule has 0 atom stereocenters. The van der Waals surface area contributed by atoms with Crippen molar-refractivity contribution in [2.75, 3.05) is 14.2 Å². The van der Waals surface area contributed by atoms with Crippen LogP contribution >= 0.6 is 23.2 Å². The van der Waals surface area contributed by atoms with Crippen molar-refractivity contribution in [1.82, 2.24) is 5.06 Å². The van der Waals surface area contributed by atoms with Crippen molar-refractivity contribution in [1.29, 1.82) is 0 Å². The van der Waals surface area contributed by atoms with Crippen LogP contribution in [-0.2, 0) is 11.4 Å². The Morgan fingerprint density at radius 1 is 1.50 bits per heavy atom. The van der Waals surface area contributed by atoms with Gasteiger partial charge in [0.25, 0.3) is 0 Å². The molecular weight excluding hydrogens is 253 g/mol. The van der Waals surface area contributed by atoms with Crippen molar-refractivity contribution in [3.63, 3.8) is 0 Å². The van der Waals surface area contributed by atoms with Crippen LogP contribution in [-0.4, -0.2) is 30.3 Å². The van der Waals surface area contributed by atoms with Gasteiger partial charge in [0.2, 0.25) is 0 Å². The zero-order valence-corrected chi connectivity index (χ0v) is 10.3. The Bertz CT molecular complexity index is 409. The van der Waals surface area contributed by atoms with Gasteiger partial charge in [-0.1, -0.05) is 23.2 Å². The molecule has 0 saturated heterocycles. The van der Waals surface area contributed by atoms with E-state index in [1.807, 2.05) is 0 Å². The van der Waals surface area contributed by atoms with Crippen LogP contribution in [0.15, 0.2) is 12.1 Å². The number of nitrogens with zero attached hydrogens (tertiary/aromatic N) is 1. The molecule has 4 nitrogen and oxygen atoms in total. The number of rotatable bonds is 4. The molecule has 0 aromatic heterocycles. The lowest BCUT2D eigenvalue weighted by Gasteiger charge is -2.16. The van der Waals surface area contributed by atoms with Gasteiger partial charge >= 0.3 is 5.97 Å². The fourth-order valence-electron chi connectivity index (χ4n) is 1.19. The van der Waals surface area contributed by atoms with E-state index in [-0.39, 0.29) is 10.6 Å².